The minimum atomic E-state index is -0.193. The second kappa shape index (κ2) is 7.78. The van der Waals surface area contributed by atoms with Crippen molar-refractivity contribution in [1.29, 1.82) is 0 Å². The van der Waals surface area contributed by atoms with Crippen LogP contribution in [0.5, 0.6) is 5.75 Å². The van der Waals surface area contributed by atoms with Gasteiger partial charge in [-0.2, -0.15) is 0 Å². The number of rotatable bonds is 6. The highest BCUT2D eigenvalue weighted by atomic mass is 16.5. The molecule has 2 amide bonds. The Labute approximate surface area is 147 Å². The van der Waals surface area contributed by atoms with E-state index in [9.17, 15) is 4.79 Å². The lowest BCUT2D eigenvalue weighted by atomic mass is 9.93. The van der Waals surface area contributed by atoms with Crippen molar-refractivity contribution >= 4 is 17.0 Å². The number of hydrogen-bond acceptors (Lipinski definition) is 4. The van der Waals surface area contributed by atoms with E-state index in [-0.39, 0.29) is 12.1 Å². The molecule has 2 atom stereocenters. The zero-order valence-electron chi connectivity index (χ0n) is 15.0. The molecule has 0 saturated carbocycles. The van der Waals surface area contributed by atoms with Gasteiger partial charge in [-0.3, -0.25) is 0 Å². The summed E-state index contributed by atoms with van der Waals surface area (Å²) in [5, 5.41) is 6.74. The first-order chi connectivity index (χ1) is 12.1. The van der Waals surface area contributed by atoms with Crippen LogP contribution in [-0.2, 0) is 11.3 Å². The lowest BCUT2D eigenvalue weighted by Gasteiger charge is -2.22. The fourth-order valence-electron chi connectivity index (χ4n) is 3.40. The quantitative estimate of drug-likeness (QED) is 0.842. The Morgan fingerprint density at radius 2 is 2.20 bits per heavy atom. The molecular formula is C19H26N2O4. The Hall–Kier alpha value is -2.21. The summed E-state index contributed by atoms with van der Waals surface area (Å²) in [5.41, 5.74) is 0.699. The Kier molecular flexibility index (Phi) is 5.48. The Bertz CT molecular complexity index is 725. The van der Waals surface area contributed by atoms with E-state index in [0.29, 0.717) is 42.0 Å². The molecule has 0 radical (unpaired) electrons. The molecule has 1 saturated heterocycles. The van der Waals surface area contributed by atoms with Crippen molar-refractivity contribution in [2.45, 2.75) is 32.9 Å². The molecule has 25 heavy (non-hydrogen) atoms. The van der Waals surface area contributed by atoms with Gasteiger partial charge in [-0.15, -0.1) is 0 Å². The van der Waals surface area contributed by atoms with Gasteiger partial charge >= 0.3 is 6.03 Å². The molecule has 0 spiro atoms. The van der Waals surface area contributed by atoms with Gasteiger partial charge < -0.3 is 24.5 Å². The lowest BCUT2D eigenvalue weighted by Crippen LogP contribution is -2.40. The molecule has 6 heteroatoms. The average Bonchev–Trinajstić information content (AvgIpc) is 3.23. The number of benzene rings is 1. The summed E-state index contributed by atoms with van der Waals surface area (Å²) in [5.74, 6) is 2.22. The number of carbonyl (C=O) groups is 1. The fourth-order valence-corrected chi connectivity index (χ4v) is 3.40. The normalized spacial score (nSPS) is 20.2. The monoisotopic (exact) mass is 346 g/mol. The summed E-state index contributed by atoms with van der Waals surface area (Å²) in [7, 11) is 1.61. The molecule has 2 aromatic rings. The molecule has 0 aliphatic carbocycles. The highest BCUT2D eigenvalue weighted by molar-refractivity contribution is 5.83. The van der Waals surface area contributed by atoms with E-state index in [1.165, 1.54) is 0 Å². The number of urea groups is 1. The summed E-state index contributed by atoms with van der Waals surface area (Å²) in [6, 6.07) is 7.44. The van der Waals surface area contributed by atoms with E-state index in [2.05, 4.69) is 24.5 Å². The molecule has 2 heterocycles. The third-order valence-corrected chi connectivity index (χ3v) is 4.65. The van der Waals surface area contributed by atoms with Gasteiger partial charge in [0.15, 0.2) is 11.3 Å². The molecule has 1 aliphatic rings. The van der Waals surface area contributed by atoms with Gasteiger partial charge in [0.25, 0.3) is 0 Å². The SMILES string of the molecule is COc1cccc2cc(CNC(=O)NCC3CCOC3C(C)C)oc12. The molecule has 2 unspecified atom stereocenters. The minimum absolute atomic E-state index is 0.193. The molecule has 3 rings (SSSR count). The van der Waals surface area contributed by atoms with Crippen LogP contribution in [0.15, 0.2) is 28.7 Å². The first-order valence-electron chi connectivity index (χ1n) is 8.77. The van der Waals surface area contributed by atoms with Crippen molar-refractivity contribution in [3.8, 4) is 5.75 Å². The number of fused-ring (bicyclic) bond motifs is 1. The molecule has 1 fully saturated rings. The summed E-state index contributed by atoms with van der Waals surface area (Å²) in [4.78, 5) is 12.1. The predicted octanol–water partition coefficient (Wildman–Crippen LogP) is 3.30. The smallest absolute Gasteiger partial charge is 0.315 e. The van der Waals surface area contributed by atoms with Crippen molar-refractivity contribution in [1.82, 2.24) is 10.6 Å². The largest absolute Gasteiger partial charge is 0.493 e. The maximum atomic E-state index is 12.1. The molecule has 1 aliphatic heterocycles. The highest BCUT2D eigenvalue weighted by Crippen LogP contribution is 2.28. The van der Waals surface area contributed by atoms with E-state index in [0.717, 1.165) is 18.4 Å². The summed E-state index contributed by atoms with van der Waals surface area (Å²) in [6.07, 6.45) is 1.22. The highest BCUT2D eigenvalue weighted by Gasteiger charge is 2.30. The summed E-state index contributed by atoms with van der Waals surface area (Å²) in [6.45, 7) is 6.04. The van der Waals surface area contributed by atoms with Crippen LogP contribution < -0.4 is 15.4 Å². The number of furan rings is 1. The number of amides is 2. The molecule has 0 bridgehead atoms. The number of methoxy groups -OCH3 is 1. The van der Waals surface area contributed by atoms with Gasteiger partial charge in [0.05, 0.1) is 19.8 Å². The lowest BCUT2D eigenvalue weighted by molar-refractivity contribution is 0.0545. The van der Waals surface area contributed by atoms with Gasteiger partial charge in [0, 0.05) is 24.5 Å². The second-order valence-electron chi connectivity index (χ2n) is 6.78. The second-order valence-corrected chi connectivity index (χ2v) is 6.78. The minimum Gasteiger partial charge on any atom is -0.493 e. The van der Waals surface area contributed by atoms with Crippen LogP contribution in [-0.4, -0.2) is 32.4 Å². The summed E-state index contributed by atoms with van der Waals surface area (Å²) >= 11 is 0. The number of hydrogen-bond donors (Lipinski definition) is 2. The Morgan fingerprint density at radius 3 is 2.96 bits per heavy atom. The van der Waals surface area contributed by atoms with E-state index in [4.69, 9.17) is 13.9 Å². The molecule has 2 N–H and O–H groups in total. The third-order valence-electron chi connectivity index (χ3n) is 4.65. The van der Waals surface area contributed by atoms with Crippen LogP contribution in [0.1, 0.15) is 26.0 Å². The maximum Gasteiger partial charge on any atom is 0.315 e. The van der Waals surface area contributed by atoms with Gasteiger partial charge in [-0.05, 0) is 24.5 Å². The molecule has 1 aromatic carbocycles. The van der Waals surface area contributed by atoms with Gasteiger partial charge in [-0.1, -0.05) is 26.0 Å². The summed E-state index contributed by atoms with van der Waals surface area (Å²) < 4.78 is 16.8. The van der Waals surface area contributed by atoms with Crippen LogP contribution in [0.25, 0.3) is 11.0 Å². The number of nitrogens with one attached hydrogen (secondary N) is 2. The van der Waals surface area contributed by atoms with Crippen molar-refractivity contribution in [3.05, 3.63) is 30.0 Å². The molecule has 6 nitrogen and oxygen atoms in total. The number of carbonyl (C=O) groups excluding carboxylic acids is 1. The van der Waals surface area contributed by atoms with Crippen LogP contribution in [0.2, 0.25) is 0 Å². The number of para-hydroxylation sites is 1. The first-order valence-corrected chi connectivity index (χ1v) is 8.77. The molecule has 136 valence electrons. The Balaban J connectivity index is 1.51. The maximum absolute atomic E-state index is 12.1. The van der Waals surface area contributed by atoms with Crippen LogP contribution in [0.4, 0.5) is 4.79 Å². The zero-order valence-corrected chi connectivity index (χ0v) is 15.0. The molecule has 1 aromatic heterocycles. The van der Waals surface area contributed by atoms with Crippen molar-refractivity contribution in [2.75, 3.05) is 20.3 Å². The topological polar surface area (TPSA) is 72.7 Å². The fraction of sp³-hybridized carbons (Fsp3) is 0.526. The van der Waals surface area contributed by atoms with Crippen molar-refractivity contribution < 1.29 is 18.7 Å². The number of ether oxygens (including phenoxy) is 2. The first kappa shape index (κ1) is 17.6. The van der Waals surface area contributed by atoms with Gasteiger partial charge in [-0.25, -0.2) is 4.79 Å². The van der Waals surface area contributed by atoms with Crippen LogP contribution in [0.3, 0.4) is 0 Å². The van der Waals surface area contributed by atoms with Crippen molar-refractivity contribution in [3.63, 3.8) is 0 Å². The van der Waals surface area contributed by atoms with E-state index < -0.39 is 0 Å². The Morgan fingerprint density at radius 1 is 1.36 bits per heavy atom. The predicted molar refractivity (Wildman–Crippen MR) is 95.7 cm³/mol. The standard InChI is InChI=1S/C19H26N2O4/c1-12(2)17-14(7-8-24-17)10-20-19(22)21-11-15-9-13-5-4-6-16(23-3)18(13)25-15/h4-6,9,12,14,17H,7-8,10-11H2,1-3H3,(H2,20,21,22). The van der Waals surface area contributed by atoms with Gasteiger partial charge in [0.1, 0.15) is 5.76 Å². The average molecular weight is 346 g/mol. The zero-order chi connectivity index (χ0) is 17.8. The molecular weight excluding hydrogens is 320 g/mol. The van der Waals surface area contributed by atoms with Gasteiger partial charge in [0.2, 0.25) is 0 Å². The van der Waals surface area contributed by atoms with E-state index >= 15 is 0 Å². The van der Waals surface area contributed by atoms with E-state index in [1.807, 2.05) is 24.3 Å². The third kappa shape index (κ3) is 4.07. The van der Waals surface area contributed by atoms with E-state index in [1.54, 1.807) is 7.11 Å². The van der Waals surface area contributed by atoms with Crippen molar-refractivity contribution in [2.24, 2.45) is 11.8 Å². The van der Waals surface area contributed by atoms with Crippen LogP contribution >= 0.6 is 0 Å². The van der Waals surface area contributed by atoms with Crippen LogP contribution in [0, 0.1) is 11.8 Å².